The Morgan fingerprint density at radius 2 is 2.27 bits per heavy atom. The molecule has 4 heterocycles. The van der Waals surface area contributed by atoms with Crippen molar-refractivity contribution in [1.82, 2.24) is 29.0 Å². The van der Waals surface area contributed by atoms with Gasteiger partial charge in [0.05, 0.1) is 13.2 Å². The van der Waals surface area contributed by atoms with Crippen molar-refractivity contribution in [3.8, 4) is 5.88 Å². The second-order valence-electron chi connectivity index (χ2n) is 7.65. The molecule has 1 aliphatic heterocycles. The van der Waals surface area contributed by atoms with E-state index in [2.05, 4.69) is 25.3 Å². The quantitative estimate of drug-likeness (QED) is 0.639. The Labute approximate surface area is 174 Å². The number of likely N-dealkylation sites (tertiary alicyclic amines) is 1. The van der Waals surface area contributed by atoms with Crippen LogP contribution in [0.5, 0.6) is 5.88 Å². The van der Waals surface area contributed by atoms with E-state index >= 15 is 4.39 Å². The van der Waals surface area contributed by atoms with Crippen LogP contribution in [0.2, 0.25) is 0 Å². The first-order valence-electron chi connectivity index (χ1n) is 9.99. The Morgan fingerprint density at radius 3 is 2.93 bits per heavy atom. The van der Waals surface area contributed by atoms with Crippen molar-refractivity contribution in [3.05, 3.63) is 30.2 Å². The molecule has 1 aliphatic rings. The molecule has 0 radical (unpaired) electrons. The summed E-state index contributed by atoms with van der Waals surface area (Å²) in [6.45, 7) is 5.74. The third-order valence-corrected chi connectivity index (χ3v) is 5.56. The topological polar surface area (TPSA) is 98.5 Å². The van der Waals surface area contributed by atoms with Crippen LogP contribution in [0.4, 0.5) is 16.3 Å². The molecule has 0 saturated carbocycles. The number of methoxy groups -OCH3 is 1. The monoisotopic (exact) mass is 414 g/mol. The van der Waals surface area contributed by atoms with Gasteiger partial charge in [-0.25, -0.2) is 13.9 Å². The van der Waals surface area contributed by atoms with Gasteiger partial charge in [0.25, 0.3) is 0 Å². The van der Waals surface area contributed by atoms with Gasteiger partial charge in [-0.05, 0) is 32.0 Å². The Morgan fingerprint density at radius 1 is 1.43 bits per heavy atom. The summed E-state index contributed by atoms with van der Waals surface area (Å²) in [5.74, 6) is 1.14. The number of ether oxygens (including phenoxy) is 1. The second-order valence-corrected chi connectivity index (χ2v) is 7.65. The van der Waals surface area contributed by atoms with Crippen molar-refractivity contribution in [2.24, 2.45) is 0 Å². The molecule has 3 N–H and O–H groups in total. The fraction of sp³-hybridized carbons (Fsp3) is 0.450. The molecule has 0 spiro atoms. The van der Waals surface area contributed by atoms with E-state index in [9.17, 15) is 0 Å². The molecule has 3 aromatic rings. The average molecular weight is 414 g/mol. The molecule has 0 amide bonds. The lowest BCUT2D eigenvalue weighted by molar-refractivity contribution is 0.0508. The zero-order valence-corrected chi connectivity index (χ0v) is 17.4. The minimum absolute atomic E-state index is 0.336. The third-order valence-electron chi connectivity index (χ3n) is 5.56. The summed E-state index contributed by atoms with van der Waals surface area (Å²) in [6.07, 6.45) is 9.57. The van der Waals surface area contributed by atoms with E-state index in [1.807, 2.05) is 25.3 Å². The molecule has 1 fully saturated rings. The van der Waals surface area contributed by atoms with Crippen LogP contribution in [0.15, 0.2) is 24.7 Å². The van der Waals surface area contributed by atoms with Crippen LogP contribution in [0.3, 0.4) is 0 Å². The van der Waals surface area contributed by atoms with Gasteiger partial charge in [-0.1, -0.05) is 6.92 Å². The number of halogens is 1. The predicted molar refractivity (Wildman–Crippen MR) is 115 cm³/mol. The summed E-state index contributed by atoms with van der Waals surface area (Å²) in [5.41, 5.74) is 5.99. The minimum atomic E-state index is -1.38. The van der Waals surface area contributed by atoms with Gasteiger partial charge >= 0.3 is 0 Å². The highest BCUT2D eigenvalue weighted by molar-refractivity contribution is 5.78. The van der Waals surface area contributed by atoms with Crippen molar-refractivity contribution >= 4 is 29.7 Å². The molecule has 0 aromatic carbocycles. The zero-order valence-electron chi connectivity index (χ0n) is 17.4. The first-order valence-corrected chi connectivity index (χ1v) is 9.99. The van der Waals surface area contributed by atoms with Gasteiger partial charge in [0, 0.05) is 43.4 Å². The number of alkyl halides is 1. The first kappa shape index (κ1) is 20.1. The zero-order chi connectivity index (χ0) is 21.3. The molecule has 4 rings (SSSR count). The van der Waals surface area contributed by atoms with E-state index in [0.717, 1.165) is 18.7 Å². The summed E-state index contributed by atoms with van der Waals surface area (Å²) in [5, 5.41) is 7.70. The van der Waals surface area contributed by atoms with Gasteiger partial charge in [-0.15, -0.1) is 5.10 Å². The number of hydrogen-bond donors (Lipinski definition) is 2. The van der Waals surface area contributed by atoms with Gasteiger partial charge in [-0.2, -0.15) is 4.98 Å². The predicted octanol–water partition coefficient (Wildman–Crippen LogP) is 2.38. The van der Waals surface area contributed by atoms with Gasteiger partial charge < -0.3 is 20.7 Å². The van der Waals surface area contributed by atoms with Gasteiger partial charge in [0.1, 0.15) is 11.2 Å². The Kier molecular flexibility index (Phi) is 5.33. The molecule has 0 aliphatic carbocycles. The van der Waals surface area contributed by atoms with Crippen molar-refractivity contribution in [3.63, 3.8) is 0 Å². The van der Waals surface area contributed by atoms with E-state index in [1.165, 1.54) is 0 Å². The number of anilines is 2. The molecule has 10 heteroatoms. The molecule has 1 unspecified atom stereocenters. The van der Waals surface area contributed by atoms with Crippen LogP contribution in [-0.4, -0.2) is 67.5 Å². The van der Waals surface area contributed by atoms with E-state index in [1.54, 1.807) is 41.7 Å². The van der Waals surface area contributed by atoms with Gasteiger partial charge in [0.2, 0.25) is 17.8 Å². The lowest BCUT2D eigenvalue weighted by Crippen LogP contribution is -2.55. The fourth-order valence-corrected chi connectivity index (χ4v) is 3.85. The normalized spacial score (nSPS) is 22.7. The largest absolute Gasteiger partial charge is 0.479 e. The van der Waals surface area contributed by atoms with Gasteiger partial charge in [0.15, 0.2) is 0 Å². The number of imidazole rings is 1. The molecular weight excluding hydrogens is 387 g/mol. The molecule has 3 aromatic heterocycles. The summed E-state index contributed by atoms with van der Waals surface area (Å²) >= 11 is 0. The number of aromatic nitrogens is 5. The maximum absolute atomic E-state index is 15.2. The number of piperidine rings is 1. The lowest BCUT2D eigenvalue weighted by Gasteiger charge is -2.41. The van der Waals surface area contributed by atoms with Crippen LogP contribution in [-0.2, 0) is 0 Å². The van der Waals surface area contributed by atoms with E-state index in [4.69, 9.17) is 10.5 Å². The number of rotatable bonds is 6. The number of hydrogen-bond acceptors (Lipinski definition) is 7. The Bertz CT molecular complexity index is 1060. The van der Waals surface area contributed by atoms with Crippen LogP contribution in [0.25, 0.3) is 17.8 Å². The van der Waals surface area contributed by atoms with E-state index in [-0.39, 0.29) is 6.04 Å². The fourth-order valence-electron chi connectivity index (χ4n) is 3.85. The molecule has 0 bridgehead atoms. The third kappa shape index (κ3) is 3.82. The summed E-state index contributed by atoms with van der Waals surface area (Å²) in [6, 6.07) is 1.53. The number of nitrogens with one attached hydrogen (secondary N) is 1. The van der Waals surface area contributed by atoms with E-state index < -0.39 is 5.67 Å². The Hall–Kier alpha value is -3.14. The van der Waals surface area contributed by atoms with Crippen LogP contribution < -0.4 is 15.8 Å². The number of nitrogens with two attached hydrogens (primary N) is 1. The van der Waals surface area contributed by atoms with Crippen LogP contribution in [0.1, 0.15) is 25.8 Å². The van der Waals surface area contributed by atoms with E-state index in [0.29, 0.717) is 36.3 Å². The molecule has 9 nitrogen and oxygen atoms in total. The standard InChI is InChI=1S/C20H27FN8O/c1-4-27-9-7-15(20(2,21)13-27)24-19-25-17(30-3)16-14(6-11-29(16)26-19)5-10-28-12-8-23-18(28)22/h5-6,8,10-12,15H,4,7,9,13H2,1-3H3,(H2,22,23)(H,24,26)/b10-5+/t15-,20?/m1/s1. The lowest BCUT2D eigenvalue weighted by atomic mass is 9.91. The first-order chi connectivity index (χ1) is 14.4. The van der Waals surface area contributed by atoms with Crippen molar-refractivity contribution in [1.29, 1.82) is 0 Å². The number of fused-ring (bicyclic) bond motifs is 1. The van der Waals surface area contributed by atoms with Crippen molar-refractivity contribution in [2.75, 3.05) is 37.8 Å². The molecule has 160 valence electrons. The highest BCUT2D eigenvalue weighted by Gasteiger charge is 2.40. The van der Waals surface area contributed by atoms with Crippen LogP contribution in [0, 0.1) is 0 Å². The molecule has 2 atom stereocenters. The maximum atomic E-state index is 15.2. The van der Waals surface area contributed by atoms with Gasteiger partial charge in [-0.3, -0.25) is 4.57 Å². The molecular formula is C20H27FN8O. The van der Waals surface area contributed by atoms with Crippen molar-refractivity contribution in [2.45, 2.75) is 32.0 Å². The SMILES string of the molecule is CCN1CC[C@@H](Nc2nc(OC)c3c(/C=C/n4ccnc4N)ccn3n2)C(C)(F)C1. The summed E-state index contributed by atoms with van der Waals surface area (Å²) in [7, 11) is 1.56. The highest BCUT2D eigenvalue weighted by Crippen LogP contribution is 2.29. The molecule has 1 saturated heterocycles. The molecule has 30 heavy (non-hydrogen) atoms. The smallest absolute Gasteiger partial charge is 0.244 e. The van der Waals surface area contributed by atoms with Crippen LogP contribution >= 0.6 is 0 Å². The highest BCUT2D eigenvalue weighted by atomic mass is 19.1. The number of nitrogens with zero attached hydrogens (tertiary/aromatic N) is 6. The van der Waals surface area contributed by atoms with Crippen molar-refractivity contribution < 1.29 is 9.13 Å². The second kappa shape index (κ2) is 7.94. The summed E-state index contributed by atoms with van der Waals surface area (Å²) < 4.78 is 24.1. The summed E-state index contributed by atoms with van der Waals surface area (Å²) in [4.78, 5) is 10.6. The average Bonchev–Trinajstić information content (AvgIpc) is 3.32. The minimum Gasteiger partial charge on any atom is -0.479 e. The maximum Gasteiger partial charge on any atom is 0.244 e. The number of nitrogen functional groups attached to an aromatic ring is 1. The Balaban J connectivity index is 1.61.